The molecule has 0 fully saturated rings. The van der Waals surface area contributed by atoms with Crippen LogP contribution in [-0.4, -0.2) is 15.3 Å². The topological polar surface area (TPSA) is 52.0 Å². The SMILES string of the molecule is Cc1cc(C(=O)Cn2cncc(I)c2=O)c(C)s1. The van der Waals surface area contributed by atoms with Crippen LogP contribution in [0.3, 0.4) is 0 Å². The van der Waals surface area contributed by atoms with Gasteiger partial charge in [0.15, 0.2) is 5.78 Å². The first-order valence-electron chi connectivity index (χ1n) is 5.29. The number of ketones is 1. The van der Waals surface area contributed by atoms with Gasteiger partial charge in [-0.1, -0.05) is 0 Å². The fourth-order valence-corrected chi connectivity index (χ4v) is 3.10. The minimum atomic E-state index is -0.177. The maximum absolute atomic E-state index is 12.1. The summed E-state index contributed by atoms with van der Waals surface area (Å²) in [6, 6.07) is 1.87. The van der Waals surface area contributed by atoms with Gasteiger partial charge in [0, 0.05) is 21.5 Å². The van der Waals surface area contributed by atoms with Crippen molar-refractivity contribution in [3.05, 3.63) is 47.8 Å². The number of carbonyl (C=O) groups excluding carboxylic acids is 1. The molecule has 0 N–H and O–H groups in total. The van der Waals surface area contributed by atoms with Crippen molar-refractivity contribution in [2.24, 2.45) is 0 Å². The van der Waals surface area contributed by atoms with E-state index in [-0.39, 0.29) is 17.9 Å². The summed E-state index contributed by atoms with van der Waals surface area (Å²) in [4.78, 5) is 29.9. The molecular formula is C12H11IN2O2S. The molecule has 2 aromatic heterocycles. The molecule has 2 rings (SSSR count). The number of hydrogen-bond acceptors (Lipinski definition) is 4. The standard InChI is InChI=1S/C12H11IN2O2S/c1-7-3-9(8(2)18-7)11(16)5-15-6-14-4-10(13)12(15)17/h3-4,6H,5H2,1-2H3. The quantitative estimate of drug-likeness (QED) is 0.613. The minimum Gasteiger partial charge on any atom is -0.292 e. The number of thiophene rings is 1. The zero-order chi connectivity index (χ0) is 13.3. The van der Waals surface area contributed by atoms with E-state index in [1.54, 1.807) is 11.3 Å². The zero-order valence-electron chi connectivity index (χ0n) is 9.94. The van der Waals surface area contributed by atoms with Crippen LogP contribution in [0.25, 0.3) is 0 Å². The van der Waals surface area contributed by atoms with Crippen molar-refractivity contribution < 1.29 is 4.79 Å². The van der Waals surface area contributed by atoms with Crippen molar-refractivity contribution in [2.45, 2.75) is 20.4 Å². The Morgan fingerprint density at radius 3 is 2.83 bits per heavy atom. The van der Waals surface area contributed by atoms with Gasteiger partial charge in [-0.2, -0.15) is 0 Å². The average Bonchev–Trinajstić information content (AvgIpc) is 2.64. The lowest BCUT2D eigenvalue weighted by molar-refractivity contribution is 0.0970. The zero-order valence-corrected chi connectivity index (χ0v) is 12.9. The molecule has 2 aromatic rings. The minimum absolute atomic E-state index is 0.0414. The number of aromatic nitrogens is 2. The molecule has 0 aliphatic carbocycles. The van der Waals surface area contributed by atoms with Crippen LogP contribution >= 0.6 is 33.9 Å². The van der Waals surface area contributed by atoms with Crippen molar-refractivity contribution in [1.82, 2.24) is 9.55 Å². The van der Waals surface area contributed by atoms with Crippen LogP contribution in [0.5, 0.6) is 0 Å². The molecule has 94 valence electrons. The summed E-state index contributed by atoms with van der Waals surface area (Å²) in [5.41, 5.74) is 0.520. The third kappa shape index (κ3) is 2.69. The molecule has 0 aliphatic heterocycles. The summed E-state index contributed by atoms with van der Waals surface area (Å²) in [6.07, 6.45) is 2.89. The van der Waals surface area contributed by atoms with Gasteiger partial charge < -0.3 is 0 Å². The van der Waals surface area contributed by atoms with Crippen LogP contribution in [0.4, 0.5) is 0 Å². The van der Waals surface area contributed by atoms with Crippen molar-refractivity contribution in [2.75, 3.05) is 0 Å². The first-order chi connectivity index (χ1) is 8.49. The van der Waals surface area contributed by atoms with Crippen LogP contribution < -0.4 is 5.56 Å². The van der Waals surface area contributed by atoms with Gasteiger partial charge in [0.05, 0.1) is 16.4 Å². The fraction of sp³-hybridized carbons (Fsp3) is 0.250. The highest BCUT2D eigenvalue weighted by Crippen LogP contribution is 2.21. The van der Waals surface area contributed by atoms with E-state index in [1.165, 1.54) is 17.1 Å². The van der Waals surface area contributed by atoms with Gasteiger partial charge >= 0.3 is 0 Å². The highest BCUT2D eigenvalue weighted by atomic mass is 127. The maximum atomic E-state index is 12.1. The third-order valence-corrected chi connectivity index (χ3v) is 4.22. The van der Waals surface area contributed by atoms with Crippen LogP contribution in [0.15, 0.2) is 23.4 Å². The summed E-state index contributed by atoms with van der Waals surface area (Å²) in [5, 5.41) is 0. The summed E-state index contributed by atoms with van der Waals surface area (Å²) in [5.74, 6) is -0.0530. The van der Waals surface area contributed by atoms with E-state index < -0.39 is 0 Å². The lowest BCUT2D eigenvalue weighted by atomic mass is 10.1. The number of Topliss-reactive ketones (excluding diaryl/α,β-unsaturated/α-hetero) is 1. The van der Waals surface area contributed by atoms with Crippen molar-refractivity contribution >= 4 is 39.7 Å². The van der Waals surface area contributed by atoms with E-state index in [4.69, 9.17) is 0 Å². The monoisotopic (exact) mass is 374 g/mol. The predicted molar refractivity (Wildman–Crippen MR) is 79.3 cm³/mol. The number of halogens is 1. The molecular weight excluding hydrogens is 363 g/mol. The molecule has 0 aromatic carbocycles. The van der Waals surface area contributed by atoms with E-state index in [0.29, 0.717) is 9.13 Å². The average molecular weight is 374 g/mol. The van der Waals surface area contributed by atoms with Crippen LogP contribution in [-0.2, 0) is 6.54 Å². The van der Waals surface area contributed by atoms with Crippen LogP contribution in [0.1, 0.15) is 20.1 Å². The maximum Gasteiger partial charge on any atom is 0.267 e. The van der Waals surface area contributed by atoms with Gasteiger partial charge in [0.1, 0.15) is 0 Å². The van der Waals surface area contributed by atoms with E-state index in [1.807, 2.05) is 42.5 Å². The van der Waals surface area contributed by atoms with Crippen molar-refractivity contribution in [3.63, 3.8) is 0 Å². The second-order valence-corrected chi connectivity index (χ2v) is 6.55. The molecule has 0 spiro atoms. The Morgan fingerprint density at radius 2 is 2.22 bits per heavy atom. The molecule has 0 saturated heterocycles. The molecule has 2 heterocycles. The van der Waals surface area contributed by atoms with E-state index in [9.17, 15) is 9.59 Å². The summed E-state index contributed by atoms with van der Waals surface area (Å²) >= 11 is 3.51. The highest BCUT2D eigenvalue weighted by molar-refractivity contribution is 14.1. The molecule has 0 saturated carbocycles. The number of rotatable bonds is 3. The number of hydrogen-bond donors (Lipinski definition) is 0. The van der Waals surface area contributed by atoms with Crippen molar-refractivity contribution in [3.8, 4) is 0 Å². The third-order valence-electron chi connectivity index (χ3n) is 2.51. The Hall–Kier alpha value is -1.02. The molecule has 0 radical (unpaired) electrons. The Bertz CT molecular complexity index is 660. The van der Waals surface area contributed by atoms with Gasteiger partial charge in [-0.3, -0.25) is 14.2 Å². The molecule has 6 heteroatoms. The summed E-state index contributed by atoms with van der Waals surface area (Å²) in [6.45, 7) is 3.92. The second-order valence-electron chi connectivity index (χ2n) is 3.92. The van der Waals surface area contributed by atoms with Crippen LogP contribution in [0.2, 0.25) is 0 Å². The lowest BCUT2D eigenvalue weighted by Crippen LogP contribution is -2.26. The Morgan fingerprint density at radius 1 is 1.50 bits per heavy atom. The molecule has 0 atom stereocenters. The first kappa shape index (κ1) is 13.4. The van der Waals surface area contributed by atoms with E-state index >= 15 is 0 Å². The van der Waals surface area contributed by atoms with Gasteiger partial charge in [-0.05, 0) is 42.5 Å². The molecule has 0 unspecified atom stereocenters. The normalized spacial score (nSPS) is 10.6. The Balaban J connectivity index is 2.30. The molecule has 4 nitrogen and oxygen atoms in total. The molecule has 0 amide bonds. The van der Waals surface area contributed by atoms with Crippen LogP contribution in [0, 0.1) is 17.4 Å². The van der Waals surface area contributed by atoms with Gasteiger partial charge in [-0.15, -0.1) is 11.3 Å². The first-order valence-corrected chi connectivity index (χ1v) is 7.18. The molecule has 18 heavy (non-hydrogen) atoms. The number of nitrogens with zero attached hydrogens (tertiary/aromatic N) is 2. The smallest absolute Gasteiger partial charge is 0.267 e. The Labute approximate surface area is 122 Å². The Kier molecular flexibility index (Phi) is 3.96. The van der Waals surface area contributed by atoms with Gasteiger partial charge in [0.25, 0.3) is 5.56 Å². The van der Waals surface area contributed by atoms with Gasteiger partial charge in [-0.25, -0.2) is 4.98 Å². The lowest BCUT2D eigenvalue weighted by Gasteiger charge is -2.04. The van der Waals surface area contributed by atoms with Crippen molar-refractivity contribution in [1.29, 1.82) is 0 Å². The molecule has 0 bridgehead atoms. The fourth-order valence-electron chi connectivity index (χ4n) is 1.68. The van der Waals surface area contributed by atoms with E-state index in [2.05, 4.69) is 4.98 Å². The van der Waals surface area contributed by atoms with E-state index in [0.717, 1.165) is 9.75 Å². The largest absolute Gasteiger partial charge is 0.292 e. The summed E-state index contributed by atoms with van der Waals surface area (Å²) in [7, 11) is 0. The molecule has 0 aliphatic rings. The number of aryl methyl sites for hydroxylation is 2. The second kappa shape index (κ2) is 5.31. The highest BCUT2D eigenvalue weighted by Gasteiger charge is 2.13. The number of carbonyl (C=O) groups is 1. The predicted octanol–water partition coefficient (Wildman–Crippen LogP) is 2.41. The summed E-state index contributed by atoms with van der Waals surface area (Å²) < 4.78 is 1.86. The van der Waals surface area contributed by atoms with Gasteiger partial charge in [0.2, 0.25) is 0 Å².